The van der Waals surface area contributed by atoms with E-state index in [-0.39, 0.29) is 84.4 Å². The number of nitrogens with zero attached hydrogens (tertiary/aromatic N) is 3. The van der Waals surface area contributed by atoms with E-state index >= 15 is 0 Å². The predicted octanol–water partition coefficient (Wildman–Crippen LogP) is 8.30. The van der Waals surface area contributed by atoms with E-state index in [0.29, 0.717) is 0 Å². The van der Waals surface area contributed by atoms with E-state index in [9.17, 15) is 72.2 Å². The maximum atomic E-state index is 14.1. The number of carbonyl (C=O) groups is 3. The second kappa shape index (κ2) is 43.4. The van der Waals surface area contributed by atoms with Crippen molar-refractivity contribution in [1.29, 1.82) is 0 Å². The van der Waals surface area contributed by atoms with Gasteiger partial charge in [-0.15, -0.1) is 0 Å². The minimum absolute atomic E-state index is 0.00545. The van der Waals surface area contributed by atoms with Crippen LogP contribution in [0.4, 0.5) is 0 Å². The third kappa shape index (κ3) is 26.7. The van der Waals surface area contributed by atoms with Gasteiger partial charge < -0.3 is 57.3 Å². The molecule has 36 nitrogen and oxygen atoms in total. The summed E-state index contributed by atoms with van der Waals surface area (Å²) in [4.78, 5) is 121. The third-order valence-electron chi connectivity index (χ3n) is 17.5. The van der Waals surface area contributed by atoms with Crippen molar-refractivity contribution in [3.8, 4) is 17.2 Å². The summed E-state index contributed by atoms with van der Waals surface area (Å²) >= 11 is 9.27. The van der Waals surface area contributed by atoms with E-state index in [0.717, 1.165) is 41.2 Å². The van der Waals surface area contributed by atoms with E-state index in [1.54, 1.807) is 119 Å². The molecule has 113 heavy (non-hydrogen) atoms. The number of para-hydroxylation sites is 3. The maximum Gasteiger partial charge on any atom is 0.459 e. The lowest BCUT2D eigenvalue weighted by molar-refractivity contribution is -0.154. The van der Waals surface area contributed by atoms with Gasteiger partial charge in [-0.3, -0.25) is 71.0 Å². The molecule has 4 fully saturated rings. The van der Waals surface area contributed by atoms with Crippen LogP contribution in [0.1, 0.15) is 114 Å². The van der Waals surface area contributed by atoms with Crippen LogP contribution in [0, 0.1) is 11.8 Å². The van der Waals surface area contributed by atoms with Crippen LogP contribution < -0.4 is 62.6 Å². The van der Waals surface area contributed by atoms with Crippen LogP contribution >= 0.6 is 71.0 Å². The lowest BCUT2D eigenvalue weighted by Gasteiger charge is -2.29. The minimum Gasteiger partial charge on any atom is -0.468 e. The van der Waals surface area contributed by atoms with Crippen molar-refractivity contribution in [2.45, 2.75) is 153 Å². The molecule has 12 unspecified atom stereocenters. The molecule has 0 amide bonds. The molecule has 3 aromatic carbocycles. The molecule has 0 spiro atoms. The zero-order valence-corrected chi connectivity index (χ0v) is 69.3. The Morgan fingerprint density at radius 3 is 1.15 bits per heavy atom. The molecule has 6 heterocycles. The van der Waals surface area contributed by atoms with Crippen molar-refractivity contribution in [3.63, 3.8) is 0 Å². The monoisotopic (exact) mass is 1830 g/mol. The Morgan fingerprint density at radius 1 is 0.504 bits per heavy atom. The van der Waals surface area contributed by atoms with Crippen molar-refractivity contribution in [3.05, 3.63) is 204 Å². The van der Waals surface area contributed by atoms with Crippen LogP contribution in [0.15, 0.2) is 153 Å². The van der Waals surface area contributed by atoms with Crippen molar-refractivity contribution in [2.75, 3.05) is 40.6 Å². The number of aliphatic hydroxyl groups excluding tert-OH is 3. The maximum absolute atomic E-state index is 14.1. The van der Waals surface area contributed by atoms with Gasteiger partial charge in [0.05, 0.1) is 69.0 Å². The van der Waals surface area contributed by atoms with Crippen molar-refractivity contribution in [1.82, 2.24) is 43.9 Å². The predicted molar refractivity (Wildman–Crippen MR) is 422 cm³/mol. The SMILES string of the molecule is CC(C)[C@H](NP(=O)(OCC1OC(n2cc(/C=C/Br)c(=O)[nH]c2=O)CC1O)Oc1ccccc1)C(=O)OC1CCCCC1.COC(=O)CNP(=O)(OCC1OC(n2cc(/C=C/Br)c(=O)[nH]c2=O)CC1O)Oc1ccccc1.COC(=O)[C@@H](NP(=O)(OCC1OC(n2cc(/C=C/Br)c(=O)[nH]c2=O)CC1O)Oc1ccccc1)C(C)C. The normalized spacial score (nSPS) is 22.6. The number of hydrogen-bond donors (Lipinski definition) is 9. The fourth-order valence-electron chi connectivity index (χ4n) is 11.5. The quantitative estimate of drug-likeness (QED) is 0.0106. The number of nitrogens with one attached hydrogen (secondary N) is 6. The first-order valence-corrected chi connectivity index (χ1v) is 42.8. The summed E-state index contributed by atoms with van der Waals surface area (Å²) in [5.74, 6) is -1.83. The standard InChI is InChI=1S/C28H37BrN3O9P.C23H29BrN3O9P.C20H23BrN3O9P/c1-18(2)25(27(35)39-20-9-5-3-6-10-20)31-42(37,41-21-11-7-4-8-12-21)38-17-23-22(33)15-24(40-23)32-16-19(13-14-29)26(34)30-28(32)36;1-14(2)20(22(30)33-3)26-37(32,36-16-7-5-4-6-8-16)34-13-18-17(28)11-19(35-18)27-12-15(9-10-24)21(29)25-23(27)31;1-30-18(26)10-22-34(29,33-14-5-3-2-4-6-14)31-12-16-15(25)9-17(32-16)24-11-13(7-8-21)19(27)23-20(24)28/h4,7-8,11-14,16,18,20,22-25,33H,3,5-6,9-10,15,17H2,1-2H3,(H,31,37)(H,30,34,36);4-10,12,14,17-20,28H,11,13H2,1-3H3,(H,26,32)(H,25,29,31);2-8,11,15-17,25H,9-10,12H2,1H3,(H,22,29)(H,23,27,28)/b14-13+;10-9+;8-7+/t22?,23?,24?,25-,42?;17?,18?,19?,20-,37?;/m00./s1. The van der Waals surface area contributed by atoms with Gasteiger partial charge in [-0.1, -0.05) is 137 Å². The van der Waals surface area contributed by atoms with E-state index < -0.39 is 155 Å². The first kappa shape index (κ1) is 90.9. The van der Waals surface area contributed by atoms with Gasteiger partial charge in [0.25, 0.3) is 16.7 Å². The molecule has 6 aromatic rings. The van der Waals surface area contributed by atoms with Crippen LogP contribution in [-0.4, -0.2) is 157 Å². The molecule has 42 heteroatoms. The first-order chi connectivity index (χ1) is 53.9. The van der Waals surface area contributed by atoms with Crippen molar-refractivity contribution in [2.24, 2.45) is 11.8 Å². The molecule has 0 radical (unpaired) electrons. The molecule has 616 valence electrons. The molecule has 14 atom stereocenters. The zero-order valence-electron chi connectivity index (χ0n) is 61.9. The first-order valence-electron chi connectivity index (χ1n) is 35.4. The summed E-state index contributed by atoms with van der Waals surface area (Å²) in [6.07, 6.45) is 3.83. The molecule has 3 saturated heterocycles. The highest BCUT2D eigenvalue weighted by Gasteiger charge is 2.45. The number of aromatic amines is 3. The lowest BCUT2D eigenvalue weighted by atomic mass is 9.97. The summed E-state index contributed by atoms with van der Waals surface area (Å²) in [5.41, 5.74) is -3.27. The Kier molecular flexibility index (Phi) is 34.9. The number of aromatic nitrogens is 6. The fourth-order valence-corrected chi connectivity index (χ4v) is 17.0. The molecular formula is C71H89Br3N9O27P3. The highest BCUT2D eigenvalue weighted by atomic mass is 79.9. The highest BCUT2D eigenvalue weighted by Crippen LogP contribution is 2.49. The lowest BCUT2D eigenvalue weighted by Crippen LogP contribution is -2.43. The number of H-pyrrole nitrogens is 3. The summed E-state index contributed by atoms with van der Waals surface area (Å²) in [6.45, 7) is 5.44. The molecule has 1 saturated carbocycles. The second-order valence-electron chi connectivity index (χ2n) is 26.4. The molecule has 9 N–H and O–H groups in total. The largest absolute Gasteiger partial charge is 0.468 e. The number of esters is 3. The molecule has 10 rings (SSSR count). The number of methoxy groups -OCH3 is 2. The van der Waals surface area contributed by atoms with Gasteiger partial charge in [-0.25, -0.2) is 33.2 Å². The van der Waals surface area contributed by atoms with E-state index in [1.807, 2.05) is 0 Å². The van der Waals surface area contributed by atoms with Gasteiger partial charge in [0, 0.05) is 37.9 Å². The van der Waals surface area contributed by atoms with Gasteiger partial charge in [0.1, 0.15) is 79.0 Å². The molecule has 1 aliphatic carbocycles. The van der Waals surface area contributed by atoms with Crippen LogP contribution in [-0.2, 0) is 70.1 Å². The fraction of sp³-hybridized carbons (Fsp3) is 0.451. The Hall–Kier alpha value is -7.62. The summed E-state index contributed by atoms with van der Waals surface area (Å²) in [7, 11) is -10.1. The average molecular weight is 1830 g/mol. The second-order valence-corrected chi connectivity index (χ2v) is 33.1. The highest BCUT2D eigenvalue weighted by molar-refractivity contribution is 9.11. The number of benzene rings is 3. The van der Waals surface area contributed by atoms with E-state index in [2.05, 4.69) is 82.7 Å². The van der Waals surface area contributed by atoms with Crippen molar-refractivity contribution < 1.29 is 99.0 Å². The Labute approximate surface area is 672 Å². The van der Waals surface area contributed by atoms with E-state index in [4.69, 9.17) is 50.8 Å². The number of aliphatic hydroxyl groups is 3. The Balaban J connectivity index is 0.000000214. The van der Waals surface area contributed by atoms with Crippen LogP contribution in [0.5, 0.6) is 17.2 Å². The molecular weight excluding hydrogens is 1740 g/mol. The average Bonchev–Trinajstić information content (AvgIpc) is 1.68. The number of carbonyl (C=O) groups excluding carboxylic acids is 3. The van der Waals surface area contributed by atoms with Crippen LogP contribution in [0.3, 0.4) is 0 Å². The number of halogens is 3. The smallest absolute Gasteiger partial charge is 0.459 e. The van der Waals surface area contributed by atoms with Crippen molar-refractivity contribution >= 4 is 107 Å². The van der Waals surface area contributed by atoms with Gasteiger partial charge in [-0.05, 0) is 107 Å². The third-order valence-corrected chi connectivity index (χ3v) is 22.9. The number of hydrogen-bond acceptors (Lipinski definition) is 27. The van der Waals surface area contributed by atoms with Crippen LogP contribution in [0.25, 0.3) is 18.2 Å². The number of rotatable bonds is 33. The van der Waals surface area contributed by atoms with E-state index in [1.165, 1.54) is 70.6 Å². The Morgan fingerprint density at radius 2 is 0.832 bits per heavy atom. The topological polar surface area (TPSA) is 475 Å². The minimum atomic E-state index is -4.23. The van der Waals surface area contributed by atoms with Gasteiger partial charge in [-0.2, -0.15) is 10.2 Å². The van der Waals surface area contributed by atoms with Gasteiger partial charge in [0.15, 0.2) is 0 Å². The molecule has 4 aliphatic rings. The summed E-state index contributed by atoms with van der Waals surface area (Å²) in [5, 5.41) is 39.6. The molecule has 3 aliphatic heterocycles. The molecule has 0 bridgehead atoms. The Bertz CT molecular complexity index is 4770. The van der Waals surface area contributed by atoms with Gasteiger partial charge >= 0.3 is 58.2 Å². The molecule has 3 aromatic heterocycles. The summed E-state index contributed by atoms with van der Waals surface area (Å²) < 4.78 is 111. The van der Waals surface area contributed by atoms with Crippen LogP contribution in [0.2, 0.25) is 0 Å². The van der Waals surface area contributed by atoms with Gasteiger partial charge in [0.2, 0.25) is 0 Å². The zero-order chi connectivity index (χ0) is 82.2. The summed E-state index contributed by atoms with van der Waals surface area (Å²) in [6, 6.07) is 22.8. The number of ether oxygens (including phenoxy) is 6.